The maximum absolute atomic E-state index is 11.2. The number of ether oxygens (including phenoxy) is 1. The summed E-state index contributed by atoms with van der Waals surface area (Å²) in [5.41, 5.74) is 2.04. The average molecular weight is 452 g/mol. The second-order valence-electron chi connectivity index (χ2n) is 8.12. The lowest BCUT2D eigenvalue weighted by Gasteiger charge is -2.44. The third kappa shape index (κ3) is 4.09. The number of hydrogen-bond donors (Lipinski definition) is 4. The first-order chi connectivity index (χ1) is 15.4. The fraction of sp³-hybridized carbons (Fsp3) is 0.320. The van der Waals surface area contributed by atoms with Crippen molar-refractivity contribution < 1.29 is 25.2 Å². The van der Waals surface area contributed by atoms with Crippen LogP contribution in [0, 0.1) is 18.3 Å². The van der Waals surface area contributed by atoms with E-state index < -0.39 is 30.5 Å². The van der Waals surface area contributed by atoms with Crippen LogP contribution in [0.2, 0.25) is 0 Å². The second kappa shape index (κ2) is 9.12. The number of aryl methyl sites for hydroxylation is 1. The molecule has 1 aliphatic rings. The lowest BCUT2D eigenvalue weighted by molar-refractivity contribution is -0.253. The smallest absolute Gasteiger partial charge is 0.146 e. The average Bonchev–Trinajstić information content (AvgIpc) is 3.28. The Bertz CT molecular complexity index is 1150. The van der Waals surface area contributed by atoms with Gasteiger partial charge in [0, 0.05) is 16.2 Å². The molecule has 0 radical (unpaired) electrons. The van der Waals surface area contributed by atoms with E-state index >= 15 is 0 Å². The monoisotopic (exact) mass is 451 g/mol. The molecule has 7 heteroatoms. The summed E-state index contributed by atoms with van der Waals surface area (Å²) < 4.78 is 5.25. The van der Waals surface area contributed by atoms with Crippen LogP contribution in [0.5, 0.6) is 0 Å². The molecule has 166 valence electrons. The SMILES string of the molecule is Cc1ccc([C@@]2(O)[C@H](O)[C@@H](CO)OC[C@@H]2O)cc1Cc1ccc(-c2cccc(C#N)c2)s1. The Labute approximate surface area is 190 Å². The molecule has 1 fully saturated rings. The van der Waals surface area contributed by atoms with E-state index in [-0.39, 0.29) is 6.61 Å². The number of thiophene rings is 1. The summed E-state index contributed by atoms with van der Waals surface area (Å²) in [6, 6.07) is 19.1. The molecule has 4 atom stereocenters. The quantitative estimate of drug-likeness (QED) is 0.474. The summed E-state index contributed by atoms with van der Waals surface area (Å²) in [4.78, 5) is 2.17. The maximum atomic E-state index is 11.2. The molecule has 1 aromatic heterocycles. The van der Waals surface area contributed by atoms with Crippen LogP contribution in [0.25, 0.3) is 10.4 Å². The standard InChI is InChI=1S/C25H25NO5S/c1-15-5-6-19(25(30)23(28)14-31-21(13-27)24(25)29)10-18(15)11-20-7-8-22(32-20)17-4-2-3-16(9-17)12-26/h2-10,21,23-24,27-30H,11,13-14H2,1H3/t21-,23+,24-,25+/m1/s1. The first-order valence-electron chi connectivity index (χ1n) is 10.4. The number of aliphatic hydroxyl groups excluding tert-OH is 3. The molecule has 0 saturated carbocycles. The topological polar surface area (TPSA) is 114 Å². The normalized spacial score (nSPS) is 25.4. The third-order valence-electron chi connectivity index (χ3n) is 6.07. The Morgan fingerprint density at radius 3 is 2.72 bits per heavy atom. The van der Waals surface area contributed by atoms with Crippen molar-refractivity contribution in [1.82, 2.24) is 0 Å². The zero-order chi connectivity index (χ0) is 22.9. The molecule has 4 N–H and O–H groups in total. The minimum atomic E-state index is -1.94. The van der Waals surface area contributed by atoms with Gasteiger partial charge in [0.2, 0.25) is 0 Å². The highest BCUT2D eigenvalue weighted by atomic mass is 32.1. The lowest BCUT2D eigenvalue weighted by atomic mass is 9.78. The van der Waals surface area contributed by atoms with E-state index in [4.69, 9.17) is 10.00 Å². The van der Waals surface area contributed by atoms with Crippen LogP contribution in [-0.2, 0) is 16.8 Å². The highest BCUT2D eigenvalue weighted by Gasteiger charge is 2.51. The van der Waals surface area contributed by atoms with E-state index in [1.807, 2.05) is 43.3 Å². The number of aliphatic hydroxyl groups is 4. The number of hydrogen-bond acceptors (Lipinski definition) is 7. The predicted molar refractivity (Wildman–Crippen MR) is 121 cm³/mol. The molecule has 6 nitrogen and oxygen atoms in total. The van der Waals surface area contributed by atoms with Gasteiger partial charge in [-0.1, -0.05) is 30.3 Å². The fourth-order valence-corrected chi connectivity index (χ4v) is 5.13. The molecule has 0 aliphatic carbocycles. The Kier molecular flexibility index (Phi) is 6.45. The van der Waals surface area contributed by atoms with E-state index in [9.17, 15) is 20.4 Å². The minimum Gasteiger partial charge on any atom is -0.394 e. The van der Waals surface area contributed by atoms with Gasteiger partial charge in [-0.15, -0.1) is 11.3 Å². The number of nitriles is 1. The number of rotatable bonds is 5. The highest BCUT2D eigenvalue weighted by Crippen LogP contribution is 2.37. The first kappa shape index (κ1) is 22.6. The second-order valence-corrected chi connectivity index (χ2v) is 9.29. The Morgan fingerprint density at radius 1 is 1.16 bits per heavy atom. The zero-order valence-corrected chi connectivity index (χ0v) is 18.4. The van der Waals surface area contributed by atoms with Gasteiger partial charge in [0.25, 0.3) is 0 Å². The summed E-state index contributed by atoms with van der Waals surface area (Å²) in [7, 11) is 0. The third-order valence-corrected chi connectivity index (χ3v) is 7.21. The Morgan fingerprint density at radius 2 is 1.97 bits per heavy atom. The van der Waals surface area contributed by atoms with Crippen molar-refractivity contribution in [1.29, 1.82) is 5.26 Å². The molecule has 0 spiro atoms. The van der Waals surface area contributed by atoms with Gasteiger partial charge in [0.1, 0.15) is 23.9 Å². The van der Waals surface area contributed by atoms with Crippen molar-refractivity contribution in [3.63, 3.8) is 0 Å². The molecule has 1 saturated heterocycles. The summed E-state index contributed by atoms with van der Waals surface area (Å²) in [6.07, 6.45) is -3.15. The van der Waals surface area contributed by atoms with Gasteiger partial charge in [-0.25, -0.2) is 0 Å². The van der Waals surface area contributed by atoms with Gasteiger partial charge >= 0.3 is 0 Å². The summed E-state index contributed by atoms with van der Waals surface area (Å²) in [5.74, 6) is 0. The largest absolute Gasteiger partial charge is 0.394 e. The van der Waals surface area contributed by atoms with Crippen molar-refractivity contribution in [2.75, 3.05) is 13.2 Å². The van der Waals surface area contributed by atoms with Crippen molar-refractivity contribution >= 4 is 11.3 Å². The van der Waals surface area contributed by atoms with E-state index in [1.54, 1.807) is 29.5 Å². The van der Waals surface area contributed by atoms with E-state index in [2.05, 4.69) is 6.07 Å². The molecule has 0 amide bonds. The van der Waals surface area contributed by atoms with Gasteiger partial charge < -0.3 is 25.2 Å². The van der Waals surface area contributed by atoms with Gasteiger partial charge in [0.05, 0.1) is 24.8 Å². The van der Waals surface area contributed by atoms with Crippen molar-refractivity contribution in [3.05, 3.63) is 81.7 Å². The molecule has 1 aliphatic heterocycles. The van der Waals surface area contributed by atoms with Crippen LogP contribution in [0.15, 0.2) is 54.6 Å². The first-order valence-corrected chi connectivity index (χ1v) is 11.2. The van der Waals surface area contributed by atoms with Gasteiger partial charge in [-0.3, -0.25) is 0 Å². The van der Waals surface area contributed by atoms with Crippen LogP contribution in [0.4, 0.5) is 0 Å². The van der Waals surface area contributed by atoms with Crippen LogP contribution in [0.1, 0.15) is 27.1 Å². The van der Waals surface area contributed by atoms with Crippen LogP contribution >= 0.6 is 11.3 Å². The van der Waals surface area contributed by atoms with E-state index in [0.29, 0.717) is 17.5 Å². The van der Waals surface area contributed by atoms with Crippen LogP contribution < -0.4 is 0 Å². The molecule has 2 aromatic carbocycles. The van der Waals surface area contributed by atoms with Crippen molar-refractivity contribution in [2.24, 2.45) is 0 Å². The number of nitrogens with zero attached hydrogens (tertiary/aromatic N) is 1. The van der Waals surface area contributed by atoms with Crippen molar-refractivity contribution in [3.8, 4) is 16.5 Å². The van der Waals surface area contributed by atoms with Crippen LogP contribution in [-0.4, -0.2) is 52.0 Å². The lowest BCUT2D eigenvalue weighted by Crippen LogP contribution is -2.61. The van der Waals surface area contributed by atoms with E-state index in [0.717, 1.165) is 26.4 Å². The number of benzene rings is 2. The fourth-order valence-electron chi connectivity index (χ4n) is 4.10. The minimum absolute atomic E-state index is 0.182. The molecule has 32 heavy (non-hydrogen) atoms. The molecule has 4 rings (SSSR count). The maximum Gasteiger partial charge on any atom is 0.146 e. The van der Waals surface area contributed by atoms with Crippen LogP contribution in [0.3, 0.4) is 0 Å². The molecule has 3 aromatic rings. The molecule has 0 unspecified atom stereocenters. The molecule has 0 bridgehead atoms. The summed E-state index contributed by atoms with van der Waals surface area (Å²) in [5, 5.41) is 50.9. The van der Waals surface area contributed by atoms with E-state index in [1.165, 1.54) is 0 Å². The molecular formula is C25H25NO5S. The molecular weight excluding hydrogens is 426 g/mol. The predicted octanol–water partition coefficient (Wildman–Crippen LogP) is 2.49. The zero-order valence-electron chi connectivity index (χ0n) is 17.6. The summed E-state index contributed by atoms with van der Waals surface area (Å²) >= 11 is 1.63. The Hall–Kier alpha value is -2.57. The summed E-state index contributed by atoms with van der Waals surface area (Å²) in [6.45, 7) is 1.33. The van der Waals surface area contributed by atoms with Gasteiger partial charge in [0.15, 0.2) is 0 Å². The molecule has 2 heterocycles. The van der Waals surface area contributed by atoms with Crippen molar-refractivity contribution in [2.45, 2.75) is 37.3 Å². The van der Waals surface area contributed by atoms with Gasteiger partial charge in [-0.05, 0) is 53.4 Å². The van der Waals surface area contributed by atoms with Gasteiger partial charge in [-0.2, -0.15) is 5.26 Å². The highest BCUT2D eigenvalue weighted by molar-refractivity contribution is 7.15. The Balaban J connectivity index is 1.63.